The van der Waals surface area contributed by atoms with E-state index in [1.165, 1.54) is 0 Å². The summed E-state index contributed by atoms with van der Waals surface area (Å²) < 4.78 is 11.6. The van der Waals surface area contributed by atoms with E-state index < -0.39 is 0 Å². The van der Waals surface area contributed by atoms with Crippen LogP contribution in [0.1, 0.15) is 5.56 Å². The van der Waals surface area contributed by atoms with Crippen molar-refractivity contribution >= 4 is 31.9 Å². The monoisotopic (exact) mass is 371 g/mol. The standard InChI is InChI=1S/C13H11Br2NO2/c1-17-10-3-4-12(11(15)6-10)18-13-5-2-9(7-14)8-16-13/h2-6,8H,7H2,1H3. The molecule has 0 aliphatic carbocycles. The molecule has 2 aromatic rings. The van der Waals surface area contributed by atoms with E-state index in [0.717, 1.165) is 21.1 Å². The van der Waals surface area contributed by atoms with Crippen LogP contribution in [0.5, 0.6) is 17.4 Å². The van der Waals surface area contributed by atoms with Gasteiger partial charge in [-0.3, -0.25) is 0 Å². The second-order valence-corrected chi connectivity index (χ2v) is 4.95. The smallest absolute Gasteiger partial charge is 0.219 e. The molecule has 18 heavy (non-hydrogen) atoms. The molecule has 0 radical (unpaired) electrons. The zero-order valence-corrected chi connectivity index (χ0v) is 12.9. The van der Waals surface area contributed by atoms with E-state index in [2.05, 4.69) is 36.8 Å². The fourth-order valence-electron chi connectivity index (χ4n) is 1.35. The summed E-state index contributed by atoms with van der Waals surface area (Å²) in [6, 6.07) is 9.33. The minimum absolute atomic E-state index is 0.561. The van der Waals surface area contributed by atoms with E-state index in [4.69, 9.17) is 9.47 Å². The average molecular weight is 373 g/mol. The molecule has 1 aromatic carbocycles. The number of aromatic nitrogens is 1. The molecule has 0 saturated carbocycles. The molecule has 5 heteroatoms. The summed E-state index contributed by atoms with van der Waals surface area (Å²) in [5.74, 6) is 2.04. The number of methoxy groups -OCH3 is 1. The molecule has 0 unspecified atom stereocenters. The number of nitrogens with zero attached hydrogens (tertiary/aromatic N) is 1. The van der Waals surface area contributed by atoms with Crippen LogP contribution in [-0.2, 0) is 5.33 Å². The van der Waals surface area contributed by atoms with E-state index in [9.17, 15) is 0 Å². The highest BCUT2D eigenvalue weighted by atomic mass is 79.9. The number of ether oxygens (including phenoxy) is 2. The van der Waals surface area contributed by atoms with E-state index in [1.807, 2.05) is 30.3 Å². The van der Waals surface area contributed by atoms with Crippen molar-refractivity contribution in [3.8, 4) is 17.4 Å². The Hall–Kier alpha value is -1.07. The molecule has 94 valence electrons. The topological polar surface area (TPSA) is 31.4 Å². The number of benzene rings is 1. The van der Waals surface area contributed by atoms with Crippen LogP contribution in [0.15, 0.2) is 41.0 Å². The van der Waals surface area contributed by atoms with Gasteiger partial charge < -0.3 is 9.47 Å². The molecule has 1 heterocycles. The summed E-state index contributed by atoms with van der Waals surface area (Å²) in [5, 5.41) is 0.784. The van der Waals surface area contributed by atoms with Gasteiger partial charge in [-0.15, -0.1) is 0 Å². The Balaban J connectivity index is 2.17. The Morgan fingerprint density at radius 1 is 1.22 bits per heavy atom. The van der Waals surface area contributed by atoms with Gasteiger partial charge in [-0.25, -0.2) is 4.98 Å². The van der Waals surface area contributed by atoms with E-state index in [0.29, 0.717) is 11.6 Å². The SMILES string of the molecule is COc1ccc(Oc2ccc(CBr)cn2)c(Br)c1. The molecule has 0 N–H and O–H groups in total. The van der Waals surface area contributed by atoms with Gasteiger partial charge in [-0.2, -0.15) is 0 Å². The first-order valence-corrected chi connectivity index (χ1v) is 7.16. The van der Waals surface area contributed by atoms with Crippen LogP contribution >= 0.6 is 31.9 Å². The van der Waals surface area contributed by atoms with Crippen LogP contribution in [0, 0.1) is 0 Å². The first kappa shape index (κ1) is 13.4. The van der Waals surface area contributed by atoms with Crippen molar-refractivity contribution in [3.63, 3.8) is 0 Å². The summed E-state index contributed by atoms with van der Waals surface area (Å²) in [4.78, 5) is 4.22. The maximum Gasteiger partial charge on any atom is 0.219 e. The van der Waals surface area contributed by atoms with Gasteiger partial charge in [0, 0.05) is 17.6 Å². The molecule has 0 spiro atoms. The van der Waals surface area contributed by atoms with Gasteiger partial charge in [0.1, 0.15) is 11.5 Å². The third kappa shape index (κ3) is 3.23. The molecule has 0 aliphatic heterocycles. The van der Waals surface area contributed by atoms with Gasteiger partial charge in [0.2, 0.25) is 5.88 Å². The van der Waals surface area contributed by atoms with E-state index in [1.54, 1.807) is 13.3 Å². The van der Waals surface area contributed by atoms with Crippen molar-refractivity contribution in [2.45, 2.75) is 5.33 Å². The maximum atomic E-state index is 5.68. The Kier molecular flexibility index (Phi) is 4.60. The minimum atomic E-state index is 0.561. The number of rotatable bonds is 4. The minimum Gasteiger partial charge on any atom is -0.497 e. The number of pyridine rings is 1. The lowest BCUT2D eigenvalue weighted by Crippen LogP contribution is -1.90. The van der Waals surface area contributed by atoms with Crippen LogP contribution in [0.25, 0.3) is 0 Å². The van der Waals surface area contributed by atoms with Gasteiger partial charge in [0.25, 0.3) is 0 Å². The molecular formula is C13H11Br2NO2. The van der Waals surface area contributed by atoms with Gasteiger partial charge in [-0.1, -0.05) is 22.0 Å². The summed E-state index contributed by atoms with van der Waals surface area (Å²) >= 11 is 6.81. The Labute approximate surface area is 122 Å². The molecule has 0 fully saturated rings. The highest BCUT2D eigenvalue weighted by Crippen LogP contribution is 2.32. The molecule has 3 nitrogen and oxygen atoms in total. The third-order valence-corrected chi connectivity index (χ3v) is 3.57. The molecule has 2 rings (SSSR count). The van der Waals surface area contributed by atoms with Crippen LogP contribution < -0.4 is 9.47 Å². The first-order valence-electron chi connectivity index (χ1n) is 5.25. The number of hydrogen-bond acceptors (Lipinski definition) is 3. The predicted octanol–water partition coefficient (Wildman–Crippen LogP) is 4.54. The van der Waals surface area contributed by atoms with Gasteiger partial charge in [0.15, 0.2) is 0 Å². The van der Waals surface area contributed by atoms with E-state index >= 15 is 0 Å². The summed E-state index contributed by atoms with van der Waals surface area (Å²) in [6.07, 6.45) is 1.78. The van der Waals surface area contributed by atoms with E-state index in [-0.39, 0.29) is 0 Å². The fraction of sp³-hybridized carbons (Fsp3) is 0.154. The molecule has 0 atom stereocenters. The Bertz CT molecular complexity index is 529. The zero-order chi connectivity index (χ0) is 13.0. The van der Waals surface area contributed by atoms with Crippen molar-refractivity contribution in [1.82, 2.24) is 4.98 Å². The molecule has 0 amide bonds. The second-order valence-electron chi connectivity index (χ2n) is 3.54. The molecule has 0 aliphatic rings. The molecule has 0 bridgehead atoms. The molecule has 1 aromatic heterocycles. The number of halogens is 2. The second kappa shape index (κ2) is 6.20. The lowest BCUT2D eigenvalue weighted by atomic mass is 10.3. The van der Waals surface area contributed by atoms with Crippen LogP contribution in [-0.4, -0.2) is 12.1 Å². The largest absolute Gasteiger partial charge is 0.497 e. The maximum absolute atomic E-state index is 5.68. The van der Waals surface area contributed by atoms with Gasteiger partial charge in [0.05, 0.1) is 11.6 Å². The highest BCUT2D eigenvalue weighted by Gasteiger charge is 2.05. The quantitative estimate of drug-likeness (QED) is 0.738. The summed E-state index contributed by atoms with van der Waals surface area (Å²) in [5.41, 5.74) is 1.11. The molecular weight excluding hydrogens is 362 g/mol. The Morgan fingerprint density at radius 2 is 2.06 bits per heavy atom. The van der Waals surface area contributed by atoms with Crippen molar-refractivity contribution < 1.29 is 9.47 Å². The number of alkyl halides is 1. The summed E-state index contributed by atoms with van der Waals surface area (Å²) in [7, 11) is 1.63. The van der Waals surface area contributed by atoms with Crippen molar-refractivity contribution in [3.05, 3.63) is 46.6 Å². The van der Waals surface area contributed by atoms with Crippen LogP contribution in [0.3, 0.4) is 0 Å². The van der Waals surface area contributed by atoms with Crippen molar-refractivity contribution in [1.29, 1.82) is 0 Å². The van der Waals surface area contributed by atoms with Crippen LogP contribution in [0.4, 0.5) is 0 Å². The average Bonchev–Trinajstić information content (AvgIpc) is 2.42. The normalized spacial score (nSPS) is 10.2. The number of hydrogen-bond donors (Lipinski definition) is 0. The fourth-order valence-corrected chi connectivity index (χ4v) is 2.12. The Morgan fingerprint density at radius 3 is 2.61 bits per heavy atom. The lowest BCUT2D eigenvalue weighted by molar-refractivity contribution is 0.411. The zero-order valence-electron chi connectivity index (χ0n) is 9.69. The molecule has 0 saturated heterocycles. The first-order chi connectivity index (χ1) is 8.72. The predicted molar refractivity (Wildman–Crippen MR) is 77.6 cm³/mol. The highest BCUT2D eigenvalue weighted by molar-refractivity contribution is 9.10. The van der Waals surface area contributed by atoms with Crippen molar-refractivity contribution in [2.75, 3.05) is 7.11 Å². The van der Waals surface area contributed by atoms with Gasteiger partial charge in [-0.05, 0) is 39.7 Å². The summed E-state index contributed by atoms with van der Waals surface area (Å²) in [6.45, 7) is 0. The third-order valence-electron chi connectivity index (χ3n) is 2.31. The van der Waals surface area contributed by atoms with Crippen LogP contribution in [0.2, 0.25) is 0 Å². The lowest BCUT2D eigenvalue weighted by Gasteiger charge is -2.08. The van der Waals surface area contributed by atoms with Gasteiger partial charge >= 0.3 is 0 Å². The van der Waals surface area contributed by atoms with Crippen molar-refractivity contribution in [2.24, 2.45) is 0 Å².